The molecule has 8 nitrogen and oxygen atoms in total. The molecule has 0 unspecified atom stereocenters. The van der Waals surface area contributed by atoms with Crippen LogP contribution < -0.4 is 14.4 Å². The molecule has 0 radical (unpaired) electrons. The summed E-state index contributed by atoms with van der Waals surface area (Å²) in [6.07, 6.45) is 3.91. The molecule has 1 atom stereocenters. The number of halogens is 1. The van der Waals surface area contributed by atoms with E-state index in [4.69, 9.17) is 16.3 Å². The molecule has 0 heterocycles. The Kier molecular flexibility index (Phi) is 9.94. The Labute approximate surface area is 247 Å². The van der Waals surface area contributed by atoms with Crippen molar-refractivity contribution in [3.8, 4) is 5.75 Å². The molecule has 218 valence electrons. The molecule has 1 aliphatic rings. The molecule has 10 heteroatoms. The van der Waals surface area contributed by atoms with Gasteiger partial charge in [-0.1, -0.05) is 66.4 Å². The van der Waals surface area contributed by atoms with E-state index in [1.807, 2.05) is 19.1 Å². The maximum atomic E-state index is 14.1. The number of hydrogen-bond acceptors (Lipinski definition) is 5. The lowest BCUT2D eigenvalue weighted by molar-refractivity contribution is -0.139. The van der Waals surface area contributed by atoms with Crippen molar-refractivity contribution in [2.75, 3.05) is 18.0 Å². The van der Waals surface area contributed by atoms with E-state index in [1.165, 1.54) is 17.0 Å². The van der Waals surface area contributed by atoms with Crippen LogP contribution in [-0.2, 0) is 26.2 Å². The van der Waals surface area contributed by atoms with Gasteiger partial charge in [-0.25, -0.2) is 8.42 Å². The first kappa shape index (κ1) is 30.4. The molecule has 41 heavy (non-hydrogen) atoms. The first-order valence-corrected chi connectivity index (χ1v) is 15.5. The summed E-state index contributed by atoms with van der Waals surface area (Å²) in [7, 11) is -2.62. The Morgan fingerprint density at radius 2 is 1.63 bits per heavy atom. The number of carbonyl (C=O) groups is 2. The second kappa shape index (κ2) is 13.4. The lowest BCUT2D eigenvalue weighted by Crippen LogP contribution is -2.52. The number of nitrogens with one attached hydrogen (secondary N) is 1. The minimum atomic E-state index is -4.18. The molecule has 1 N–H and O–H groups in total. The minimum absolute atomic E-state index is 0.0320. The van der Waals surface area contributed by atoms with Crippen LogP contribution in [0.4, 0.5) is 5.69 Å². The number of benzene rings is 3. The van der Waals surface area contributed by atoms with Crippen molar-refractivity contribution in [2.45, 2.75) is 63.1 Å². The summed E-state index contributed by atoms with van der Waals surface area (Å²) in [5.41, 5.74) is 1.85. The molecule has 0 spiro atoms. The largest absolute Gasteiger partial charge is 0.497 e. The van der Waals surface area contributed by atoms with E-state index < -0.39 is 28.5 Å². The SMILES string of the molecule is COc1ccc(CN(C(=O)CN(c2ccccc2Cl)S(=O)(=O)c2ccc(C)cc2)[C@H](C)C(=O)NC2CCCC2)cc1. The van der Waals surface area contributed by atoms with E-state index in [9.17, 15) is 18.0 Å². The van der Waals surface area contributed by atoms with Crippen molar-refractivity contribution < 1.29 is 22.7 Å². The van der Waals surface area contributed by atoms with Crippen LogP contribution in [0.2, 0.25) is 5.02 Å². The van der Waals surface area contributed by atoms with Gasteiger partial charge >= 0.3 is 0 Å². The highest BCUT2D eigenvalue weighted by Gasteiger charge is 2.34. The highest BCUT2D eigenvalue weighted by Crippen LogP contribution is 2.31. The molecule has 3 aromatic carbocycles. The summed E-state index contributed by atoms with van der Waals surface area (Å²) in [5, 5.41) is 3.25. The molecular weight excluding hydrogens is 562 g/mol. The van der Waals surface area contributed by atoms with Crippen molar-refractivity contribution >= 4 is 39.1 Å². The zero-order valence-corrected chi connectivity index (χ0v) is 25.1. The van der Waals surface area contributed by atoms with Crippen LogP contribution >= 0.6 is 11.6 Å². The Balaban J connectivity index is 1.69. The van der Waals surface area contributed by atoms with E-state index in [2.05, 4.69) is 5.32 Å². The van der Waals surface area contributed by atoms with Crippen LogP contribution in [0.3, 0.4) is 0 Å². The van der Waals surface area contributed by atoms with Crippen LogP contribution in [0.25, 0.3) is 0 Å². The number of methoxy groups -OCH3 is 1. The summed E-state index contributed by atoms with van der Waals surface area (Å²) in [5.74, 6) is -0.150. The maximum absolute atomic E-state index is 14.1. The predicted molar refractivity (Wildman–Crippen MR) is 161 cm³/mol. The Bertz CT molecular complexity index is 1460. The molecular formula is C31H36ClN3O5S. The average molecular weight is 598 g/mol. The first-order valence-electron chi connectivity index (χ1n) is 13.7. The average Bonchev–Trinajstić information content (AvgIpc) is 3.48. The van der Waals surface area contributed by atoms with Crippen molar-refractivity contribution in [3.05, 3.63) is 88.9 Å². The molecule has 0 saturated heterocycles. The van der Waals surface area contributed by atoms with Gasteiger partial charge in [-0.2, -0.15) is 0 Å². The number of hydrogen-bond donors (Lipinski definition) is 1. The van der Waals surface area contributed by atoms with Gasteiger partial charge in [0.1, 0.15) is 18.3 Å². The van der Waals surface area contributed by atoms with Gasteiger partial charge < -0.3 is 15.0 Å². The number of para-hydroxylation sites is 1. The summed E-state index contributed by atoms with van der Waals surface area (Å²) < 4.78 is 34.1. The monoisotopic (exact) mass is 597 g/mol. The van der Waals surface area contributed by atoms with E-state index in [0.29, 0.717) is 5.75 Å². The standard InChI is InChI=1S/C31H36ClN3O5S/c1-22-12-18-27(19-13-22)41(38,39)35(29-11-7-6-10-28(29)32)21-30(36)34(20-24-14-16-26(40-3)17-15-24)23(2)31(37)33-25-8-4-5-9-25/h6-7,10-19,23,25H,4-5,8-9,20-21H2,1-3H3,(H,33,37)/t23-/m1/s1. The van der Waals surface area contributed by atoms with E-state index >= 15 is 0 Å². The van der Waals surface area contributed by atoms with Crippen LogP contribution in [-0.4, -0.2) is 50.9 Å². The smallest absolute Gasteiger partial charge is 0.264 e. The second-order valence-electron chi connectivity index (χ2n) is 10.3. The molecule has 0 aromatic heterocycles. The van der Waals surface area contributed by atoms with Crippen LogP contribution in [0, 0.1) is 6.92 Å². The van der Waals surface area contributed by atoms with Gasteiger partial charge in [0.2, 0.25) is 11.8 Å². The number of anilines is 1. The third kappa shape index (κ3) is 7.40. The lowest BCUT2D eigenvalue weighted by Gasteiger charge is -2.32. The van der Waals surface area contributed by atoms with Crippen molar-refractivity contribution in [3.63, 3.8) is 0 Å². The number of sulfonamides is 1. The topological polar surface area (TPSA) is 96.0 Å². The van der Waals surface area contributed by atoms with E-state index in [1.54, 1.807) is 62.6 Å². The first-order chi connectivity index (χ1) is 19.6. The molecule has 1 aliphatic carbocycles. The third-order valence-electron chi connectivity index (χ3n) is 7.39. The molecule has 1 saturated carbocycles. The number of ether oxygens (including phenoxy) is 1. The number of nitrogens with zero attached hydrogens (tertiary/aromatic N) is 2. The normalized spacial score (nSPS) is 14.3. The van der Waals surface area contributed by atoms with Gasteiger partial charge in [-0.15, -0.1) is 0 Å². The fraction of sp³-hybridized carbons (Fsp3) is 0.355. The summed E-state index contributed by atoms with van der Waals surface area (Å²) >= 11 is 6.46. The zero-order valence-electron chi connectivity index (χ0n) is 23.5. The van der Waals surface area contributed by atoms with Crippen molar-refractivity contribution in [1.29, 1.82) is 0 Å². The Hall–Kier alpha value is -3.56. The van der Waals surface area contributed by atoms with Crippen LogP contribution in [0.5, 0.6) is 5.75 Å². The van der Waals surface area contributed by atoms with Gasteiger partial charge in [0, 0.05) is 12.6 Å². The van der Waals surface area contributed by atoms with E-state index in [-0.39, 0.29) is 34.1 Å². The van der Waals surface area contributed by atoms with Gasteiger partial charge in [-0.3, -0.25) is 13.9 Å². The summed E-state index contributed by atoms with van der Waals surface area (Å²) in [4.78, 5) is 28.8. The number of rotatable bonds is 11. The molecule has 4 rings (SSSR count). The molecule has 0 aliphatic heterocycles. The Morgan fingerprint density at radius 3 is 2.24 bits per heavy atom. The van der Waals surface area contributed by atoms with Crippen molar-refractivity contribution in [2.24, 2.45) is 0 Å². The maximum Gasteiger partial charge on any atom is 0.264 e. The van der Waals surface area contributed by atoms with Gasteiger partial charge in [0.25, 0.3) is 10.0 Å². The number of aryl methyl sites for hydroxylation is 1. The molecule has 3 aromatic rings. The minimum Gasteiger partial charge on any atom is -0.497 e. The molecule has 2 amide bonds. The quantitative estimate of drug-likeness (QED) is 0.322. The zero-order chi connectivity index (χ0) is 29.6. The number of amides is 2. The second-order valence-corrected chi connectivity index (χ2v) is 12.6. The van der Waals surface area contributed by atoms with Gasteiger partial charge in [0.15, 0.2) is 0 Å². The highest BCUT2D eigenvalue weighted by molar-refractivity contribution is 7.92. The van der Waals surface area contributed by atoms with Crippen molar-refractivity contribution in [1.82, 2.24) is 10.2 Å². The molecule has 0 bridgehead atoms. The van der Waals surface area contributed by atoms with Crippen LogP contribution in [0.1, 0.15) is 43.7 Å². The van der Waals surface area contributed by atoms with Crippen LogP contribution in [0.15, 0.2) is 77.7 Å². The lowest BCUT2D eigenvalue weighted by atomic mass is 10.1. The predicted octanol–water partition coefficient (Wildman–Crippen LogP) is 5.33. The summed E-state index contributed by atoms with van der Waals surface area (Å²) in [6, 6.07) is 19.3. The highest BCUT2D eigenvalue weighted by atomic mass is 35.5. The number of carbonyl (C=O) groups excluding carboxylic acids is 2. The Morgan fingerprint density at radius 1 is 1.00 bits per heavy atom. The fourth-order valence-corrected chi connectivity index (χ4v) is 6.63. The van der Waals surface area contributed by atoms with Gasteiger partial charge in [0.05, 0.1) is 22.7 Å². The summed E-state index contributed by atoms with van der Waals surface area (Å²) in [6.45, 7) is 3.08. The third-order valence-corrected chi connectivity index (χ3v) is 9.48. The fourth-order valence-electron chi connectivity index (χ4n) is 4.91. The van der Waals surface area contributed by atoms with E-state index in [0.717, 1.165) is 41.1 Å². The molecule has 1 fully saturated rings. The van der Waals surface area contributed by atoms with Gasteiger partial charge in [-0.05, 0) is 68.7 Å².